The fourth-order valence-electron chi connectivity index (χ4n) is 2.16. The molecule has 9 nitrogen and oxygen atoms in total. The van der Waals surface area contributed by atoms with E-state index in [0.717, 1.165) is 30.1 Å². The highest BCUT2D eigenvalue weighted by atomic mass is 35.5. The van der Waals surface area contributed by atoms with Gasteiger partial charge in [0.25, 0.3) is 0 Å². The van der Waals surface area contributed by atoms with E-state index < -0.39 is 11.9 Å². The molecule has 11 heteroatoms. The van der Waals surface area contributed by atoms with E-state index in [2.05, 4.69) is 24.0 Å². The first-order valence-corrected chi connectivity index (χ1v) is 8.75. The van der Waals surface area contributed by atoms with Crippen molar-refractivity contribution in [2.45, 2.75) is 12.5 Å². The number of aromatic nitrogens is 1. The van der Waals surface area contributed by atoms with Crippen LogP contribution < -0.4 is 4.74 Å². The Hall–Kier alpha value is -2.27. The number of hydrogen-bond acceptors (Lipinski definition) is 6. The molecule has 1 aromatic rings. The van der Waals surface area contributed by atoms with Crippen LogP contribution in [0.5, 0.6) is 5.88 Å². The van der Waals surface area contributed by atoms with Gasteiger partial charge in [0.05, 0.1) is 17.1 Å². The van der Waals surface area contributed by atoms with Gasteiger partial charge in [-0.3, -0.25) is 0 Å². The van der Waals surface area contributed by atoms with Crippen molar-refractivity contribution in [2.75, 3.05) is 34.2 Å². The molecular formula is C17H24ClN3O6S. The van der Waals surface area contributed by atoms with Gasteiger partial charge in [0, 0.05) is 31.9 Å². The number of pyridine rings is 1. The fraction of sp³-hybridized carbons (Fsp3) is 0.412. The van der Waals surface area contributed by atoms with Crippen LogP contribution in [-0.2, 0) is 9.59 Å². The van der Waals surface area contributed by atoms with Gasteiger partial charge < -0.3 is 30.2 Å². The van der Waals surface area contributed by atoms with Crippen LogP contribution in [-0.4, -0.2) is 87.7 Å². The number of ether oxygens (including phenoxy) is 1. The number of carbonyl (C=O) groups is 2. The Morgan fingerprint density at radius 2 is 1.96 bits per heavy atom. The molecule has 0 spiro atoms. The van der Waals surface area contributed by atoms with Crippen molar-refractivity contribution in [3.05, 3.63) is 35.0 Å². The molecule has 156 valence electrons. The monoisotopic (exact) mass is 433 g/mol. The molecule has 0 radical (unpaired) electrons. The minimum atomic E-state index is -1.26. The third-order valence-electron chi connectivity index (χ3n) is 3.42. The number of thiocarbonyl (C=S) groups is 1. The lowest BCUT2D eigenvalue weighted by Gasteiger charge is -2.22. The first kappa shape index (κ1) is 25.7. The van der Waals surface area contributed by atoms with Gasteiger partial charge in [0.2, 0.25) is 5.88 Å². The number of likely N-dealkylation sites (N-methyl/N-ethyl adjacent to an activating group) is 1. The van der Waals surface area contributed by atoms with Crippen molar-refractivity contribution >= 4 is 40.7 Å². The van der Waals surface area contributed by atoms with Crippen molar-refractivity contribution in [1.29, 1.82) is 0 Å². The molecule has 0 aliphatic carbocycles. The molecule has 1 aliphatic rings. The van der Waals surface area contributed by atoms with E-state index in [1.807, 2.05) is 18.0 Å². The summed E-state index contributed by atoms with van der Waals surface area (Å²) < 4.78 is 5.98. The Kier molecular flexibility index (Phi) is 11.2. The maximum Gasteiger partial charge on any atom is 0.328 e. The summed E-state index contributed by atoms with van der Waals surface area (Å²) in [6, 6.07) is 1.82. The zero-order valence-electron chi connectivity index (χ0n) is 15.8. The van der Waals surface area contributed by atoms with Crippen LogP contribution in [0.25, 0.3) is 0 Å². The van der Waals surface area contributed by atoms with Crippen molar-refractivity contribution < 1.29 is 30.0 Å². The summed E-state index contributed by atoms with van der Waals surface area (Å²) in [5.74, 6) is -1.93. The van der Waals surface area contributed by atoms with Crippen LogP contribution in [0, 0.1) is 0 Å². The number of rotatable bonds is 5. The molecule has 1 aliphatic heterocycles. The Morgan fingerprint density at radius 3 is 2.46 bits per heavy atom. The number of fused-ring (bicyclic) bond motifs is 1. The van der Waals surface area contributed by atoms with Crippen LogP contribution >= 0.6 is 23.8 Å². The molecule has 0 aromatic carbocycles. The van der Waals surface area contributed by atoms with Gasteiger partial charge in [0.15, 0.2) is 0 Å². The summed E-state index contributed by atoms with van der Waals surface area (Å²) in [4.78, 5) is 28.3. The summed E-state index contributed by atoms with van der Waals surface area (Å²) in [6.45, 7) is 1.73. The number of hydrogen-bond donors (Lipinski definition) is 2. The van der Waals surface area contributed by atoms with Gasteiger partial charge in [-0.15, -0.1) is 0 Å². The highest BCUT2D eigenvalue weighted by Crippen LogP contribution is 2.26. The largest absolute Gasteiger partial charge is 0.478 e. The Labute approximate surface area is 173 Å². The Bertz CT molecular complexity index is 713. The van der Waals surface area contributed by atoms with Crippen molar-refractivity contribution in [3.8, 4) is 5.88 Å². The average molecular weight is 434 g/mol. The average Bonchev–Trinajstić information content (AvgIpc) is 2.69. The maximum absolute atomic E-state index is 9.55. The van der Waals surface area contributed by atoms with Crippen LogP contribution in [0.1, 0.15) is 12.0 Å². The van der Waals surface area contributed by atoms with Crippen LogP contribution in [0.2, 0.25) is 5.02 Å². The maximum atomic E-state index is 9.55. The highest BCUT2D eigenvalue weighted by molar-refractivity contribution is 7.80. The van der Waals surface area contributed by atoms with Crippen molar-refractivity contribution in [1.82, 2.24) is 14.8 Å². The van der Waals surface area contributed by atoms with E-state index in [9.17, 15) is 9.59 Å². The van der Waals surface area contributed by atoms with Crippen LogP contribution in [0.3, 0.4) is 0 Å². The summed E-state index contributed by atoms with van der Waals surface area (Å²) in [7, 11) is 6.08. The standard InChI is InChI=1S/C13H18ClN3OS.C4H4O4.H2O/c1-16(2)5-4-10-8-17(3)13(19)11-6-9(14)7-15-12(11)18-10;5-3(6)1-2-4(7)8;/h6-7,10H,4-5,8H2,1-3H3;1-2H,(H,5,6)(H,7,8);1H2/b;2-1+;. The summed E-state index contributed by atoms with van der Waals surface area (Å²) in [6.07, 6.45) is 3.73. The molecule has 2 rings (SSSR count). The SMILES string of the molecule is CN(C)CCC1CN(C)C(=S)c2cc(Cl)cnc2O1.O.O=C(O)/C=C/C(=O)O. The Balaban J connectivity index is 0.000000694. The number of carboxylic acids is 2. The molecular weight excluding hydrogens is 410 g/mol. The molecule has 0 saturated carbocycles. The number of halogens is 1. The highest BCUT2D eigenvalue weighted by Gasteiger charge is 2.25. The molecule has 28 heavy (non-hydrogen) atoms. The summed E-state index contributed by atoms with van der Waals surface area (Å²) >= 11 is 11.4. The lowest BCUT2D eigenvalue weighted by atomic mass is 10.2. The smallest absolute Gasteiger partial charge is 0.328 e. The molecule has 0 saturated heterocycles. The van der Waals surface area contributed by atoms with Crippen LogP contribution in [0.15, 0.2) is 24.4 Å². The van der Waals surface area contributed by atoms with Crippen molar-refractivity contribution in [2.24, 2.45) is 0 Å². The molecule has 0 amide bonds. The van der Waals surface area contributed by atoms with E-state index in [0.29, 0.717) is 23.1 Å². The van der Waals surface area contributed by atoms with E-state index >= 15 is 0 Å². The van der Waals surface area contributed by atoms with Gasteiger partial charge in [-0.1, -0.05) is 23.8 Å². The zero-order chi connectivity index (χ0) is 20.6. The second kappa shape index (κ2) is 12.2. The van der Waals surface area contributed by atoms with Gasteiger partial charge in [-0.2, -0.15) is 0 Å². The van der Waals surface area contributed by atoms with E-state index in [1.165, 1.54) is 0 Å². The zero-order valence-corrected chi connectivity index (χ0v) is 17.3. The van der Waals surface area contributed by atoms with Gasteiger partial charge in [-0.25, -0.2) is 14.6 Å². The van der Waals surface area contributed by atoms with Crippen molar-refractivity contribution in [3.63, 3.8) is 0 Å². The quantitative estimate of drug-likeness (QED) is 0.513. The molecule has 0 fully saturated rings. The summed E-state index contributed by atoms with van der Waals surface area (Å²) in [5, 5.41) is 16.2. The fourth-order valence-corrected chi connectivity index (χ4v) is 2.54. The second-order valence-electron chi connectivity index (χ2n) is 6.03. The van der Waals surface area contributed by atoms with Gasteiger partial charge >= 0.3 is 11.9 Å². The molecule has 0 bridgehead atoms. The first-order chi connectivity index (χ1) is 12.6. The number of aliphatic carboxylic acids is 2. The minimum absolute atomic E-state index is 0. The number of nitrogens with zero attached hydrogens (tertiary/aromatic N) is 3. The van der Waals surface area contributed by atoms with E-state index in [1.54, 1.807) is 6.20 Å². The third-order valence-corrected chi connectivity index (χ3v) is 4.16. The topological polar surface area (TPSA) is 135 Å². The second-order valence-corrected chi connectivity index (χ2v) is 6.86. The minimum Gasteiger partial charge on any atom is -0.478 e. The first-order valence-electron chi connectivity index (χ1n) is 7.96. The Morgan fingerprint density at radius 1 is 1.39 bits per heavy atom. The predicted octanol–water partition coefficient (Wildman–Crippen LogP) is 0.942. The van der Waals surface area contributed by atoms with Gasteiger partial charge in [-0.05, 0) is 26.6 Å². The van der Waals surface area contributed by atoms with Crippen LogP contribution in [0.4, 0.5) is 0 Å². The lowest BCUT2D eigenvalue weighted by Crippen LogP contribution is -2.35. The summed E-state index contributed by atoms with van der Waals surface area (Å²) in [5.41, 5.74) is 0.803. The van der Waals surface area contributed by atoms with E-state index in [4.69, 9.17) is 38.8 Å². The normalized spacial score (nSPS) is 15.7. The molecule has 1 aromatic heterocycles. The lowest BCUT2D eigenvalue weighted by molar-refractivity contribution is -0.134. The molecule has 1 atom stereocenters. The number of carboxylic acid groups (broad SMARTS) is 2. The molecule has 2 heterocycles. The van der Waals surface area contributed by atoms with E-state index in [-0.39, 0.29) is 11.6 Å². The van der Waals surface area contributed by atoms with Gasteiger partial charge in [0.1, 0.15) is 11.1 Å². The molecule has 4 N–H and O–H groups in total. The predicted molar refractivity (Wildman–Crippen MR) is 109 cm³/mol. The third kappa shape index (κ3) is 9.09. The molecule has 1 unspecified atom stereocenters.